The number of thiophene rings is 1. The molecule has 0 spiro atoms. The molecule has 27 heavy (non-hydrogen) atoms. The lowest BCUT2D eigenvalue weighted by molar-refractivity contribution is -0.140. The number of amides is 3. The Balaban J connectivity index is 1.78. The van der Waals surface area contributed by atoms with Crippen LogP contribution in [0, 0.1) is 0 Å². The predicted octanol–water partition coefficient (Wildman–Crippen LogP) is 3.59. The van der Waals surface area contributed by atoms with Gasteiger partial charge in [-0.1, -0.05) is 19.9 Å². The first-order chi connectivity index (χ1) is 12.9. The fourth-order valence-electron chi connectivity index (χ4n) is 3.36. The summed E-state index contributed by atoms with van der Waals surface area (Å²) in [4.78, 5) is 42.6. The van der Waals surface area contributed by atoms with Gasteiger partial charge in [0.1, 0.15) is 0 Å². The molecule has 0 bridgehead atoms. The number of carbonyl (C=O) groups excluding carboxylic acids is 3. The smallest absolute Gasteiger partial charge is 0.409 e. The standard InChI is InChI=1S/C19H24N2O4S2/c1-4-25-19(24)20-9-7-13(8-10-20)21-17(22)15(14-6-5-11-26-14)16(18(21)23)27-12(2)3/h5-6,11-13H,4,7-10H2,1-3H3. The number of piperidine rings is 1. The first kappa shape index (κ1) is 19.9. The molecule has 146 valence electrons. The molecule has 0 saturated carbocycles. The molecule has 1 aromatic heterocycles. The van der Waals surface area contributed by atoms with E-state index in [1.165, 1.54) is 28.0 Å². The normalized spacial score (nSPS) is 18.8. The lowest BCUT2D eigenvalue weighted by Gasteiger charge is -2.35. The van der Waals surface area contributed by atoms with Crippen molar-refractivity contribution in [2.75, 3.05) is 19.7 Å². The Labute approximate surface area is 167 Å². The van der Waals surface area contributed by atoms with Crippen LogP contribution in [0.1, 0.15) is 38.5 Å². The lowest BCUT2D eigenvalue weighted by atomic mass is 10.0. The molecule has 2 aliphatic rings. The molecule has 0 atom stereocenters. The third-order valence-electron chi connectivity index (χ3n) is 4.55. The highest BCUT2D eigenvalue weighted by atomic mass is 32.2. The number of likely N-dealkylation sites (tertiary alicyclic amines) is 1. The topological polar surface area (TPSA) is 66.9 Å². The molecule has 0 aromatic carbocycles. The molecule has 1 saturated heterocycles. The number of thioether (sulfide) groups is 1. The highest BCUT2D eigenvalue weighted by Gasteiger charge is 2.44. The first-order valence-corrected chi connectivity index (χ1v) is 10.9. The van der Waals surface area contributed by atoms with Crippen LogP contribution in [0.15, 0.2) is 22.4 Å². The van der Waals surface area contributed by atoms with E-state index in [0.717, 1.165) is 4.88 Å². The highest BCUT2D eigenvalue weighted by Crippen LogP contribution is 2.41. The van der Waals surface area contributed by atoms with E-state index < -0.39 is 0 Å². The van der Waals surface area contributed by atoms with Crippen molar-refractivity contribution in [2.24, 2.45) is 0 Å². The minimum Gasteiger partial charge on any atom is -0.450 e. The van der Waals surface area contributed by atoms with Crippen molar-refractivity contribution in [3.63, 3.8) is 0 Å². The van der Waals surface area contributed by atoms with Gasteiger partial charge >= 0.3 is 6.09 Å². The van der Waals surface area contributed by atoms with E-state index in [9.17, 15) is 14.4 Å². The van der Waals surface area contributed by atoms with E-state index >= 15 is 0 Å². The number of rotatable bonds is 5. The van der Waals surface area contributed by atoms with Gasteiger partial charge in [0.15, 0.2) is 0 Å². The van der Waals surface area contributed by atoms with E-state index in [-0.39, 0.29) is 29.2 Å². The Bertz CT molecular complexity index is 750. The van der Waals surface area contributed by atoms with Crippen LogP contribution >= 0.6 is 23.1 Å². The van der Waals surface area contributed by atoms with Gasteiger partial charge in [-0.25, -0.2) is 4.79 Å². The van der Waals surface area contributed by atoms with E-state index in [1.807, 2.05) is 31.4 Å². The van der Waals surface area contributed by atoms with Crippen molar-refractivity contribution in [3.05, 3.63) is 27.3 Å². The highest BCUT2D eigenvalue weighted by molar-refractivity contribution is 8.04. The summed E-state index contributed by atoms with van der Waals surface area (Å²) in [5.41, 5.74) is 0.529. The summed E-state index contributed by atoms with van der Waals surface area (Å²) in [5, 5.41) is 2.12. The Morgan fingerprint density at radius 1 is 1.30 bits per heavy atom. The average Bonchev–Trinajstić information content (AvgIpc) is 3.22. The van der Waals surface area contributed by atoms with Crippen molar-refractivity contribution in [2.45, 2.75) is 44.9 Å². The van der Waals surface area contributed by atoms with Crippen LogP contribution in [-0.2, 0) is 14.3 Å². The van der Waals surface area contributed by atoms with Crippen molar-refractivity contribution >= 4 is 46.6 Å². The molecular formula is C19H24N2O4S2. The van der Waals surface area contributed by atoms with Crippen LogP contribution in [0.2, 0.25) is 0 Å². The van der Waals surface area contributed by atoms with E-state index in [4.69, 9.17) is 4.74 Å². The molecule has 0 unspecified atom stereocenters. The van der Waals surface area contributed by atoms with Gasteiger partial charge in [0.05, 0.1) is 17.1 Å². The first-order valence-electron chi connectivity index (χ1n) is 9.18. The zero-order chi connectivity index (χ0) is 19.6. The lowest BCUT2D eigenvalue weighted by Crippen LogP contribution is -2.49. The molecule has 3 heterocycles. The fraction of sp³-hybridized carbons (Fsp3) is 0.526. The monoisotopic (exact) mass is 408 g/mol. The number of imide groups is 1. The molecule has 6 nitrogen and oxygen atoms in total. The molecule has 1 fully saturated rings. The maximum absolute atomic E-state index is 13.2. The molecule has 1 aromatic rings. The fourth-order valence-corrected chi connectivity index (χ4v) is 5.18. The van der Waals surface area contributed by atoms with Crippen LogP contribution in [0.25, 0.3) is 5.57 Å². The van der Waals surface area contributed by atoms with Gasteiger partial charge in [-0.05, 0) is 31.2 Å². The second-order valence-electron chi connectivity index (χ2n) is 6.75. The third kappa shape index (κ3) is 4.06. The van der Waals surface area contributed by atoms with E-state index in [2.05, 4.69) is 0 Å². The number of ether oxygens (including phenoxy) is 1. The Morgan fingerprint density at radius 3 is 2.56 bits per heavy atom. The zero-order valence-electron chi connectivity index (χ0n) is 15.8. The maximum Gasteiger partial charge on any atom is 0.409 e. The molecule has 0 radical (unpaired) electrons. The van der Waals surface area contributed by atoms with Gasteiger partial charge in [0.2, 0.25) is 0 Å². The number of hydrogen-bond acceptors (Lipinski definition) is 6. The summed E-state index contributed by atoms with van der Waals surface area (Å²) in [6.45, 7) is 7.12. The van der Waals surface area contributed by atoms with Gasteiger partial charge in [0, 0.05) is 29.3 Å². The van der Waals surface area contributed by atoms with Crippen LogP contribution in [0.3, 0.4) is 0 Å². The van der Waals surface area contributed by atoms with Crippen molar-refractivity contribution in [1.29, 1.82) is 0 Å². The minimum absolute atomic E-state index is 0.184. The van der Waals surface area contributed by atoms with E-state index in [1.54, 1.807) is 11.8 Å². The molecule has 2 aliphatic heterocycles. The summed E-state index contributed by atoms with van der Waals surface area (Å²) < 4.78 is 5.04. The van der Waals surface area contributed by atoms with Crippen LogP contribution < -0.4 is 0 Å². The molecule has 0 N–H and O–H groups in total. The molecular weight excluding hydrogens is 384 g/mol. The molecule has 3 rings (SSSR count). The Kier molecular flexibility index (Phi) is 6.26. The largest absolute Gasteiger partial charge is 0.450 e. The van der Waals surface area contributed by atoms with Gasteiger partial charge < -0.3 is 9.64 Å². The van der Waals surface area contributed by atoms with E-state index in [0.29, 0.717) is 43.0 Å². The van der Waals surface area contributed by atoms with Crippen molar-refractivity contribution in [1.82, 2.24) is 9.80 Å². The second-order valence-corrected chi connectivity index (χ2v) is 9.28. The van der Waals surface area contributed by atoms with Crippen LogP contribution in [-0.4, -0.2) is 58.7 Å². The van der Waals surface area contributed by atoms with Gasteiger partial charge in [0.25, 0.3) is 11.8 Å². The van der Waals surface area contributed by atoms with Crippen molar-refractivity contribution in [3.8, 4) is 0 Å². The Morgan fingerprint density at radius 2 is 2.00 bits per heavy atom. The summed E-state index contributed by atoms with van der Waals surface area (Å²) in [6.07, 6.45) is 0.824. The van der Waals surface area contributed by atoms with Crippen LogP contribution in [0.5, 0.6) is 0 Å². The quantitative estimate of drug-likeness (QED) is 0.697. The summed E-state index contributed by atoms with van der Waals surface area (Å²) in [7, 11) is 0. The minimum atomic E-state index is -0.330. The summed E-state index contributed by atoms with van der Waals surface area (Å²) in [6, 6.07) is 3.60. The number of nitrogens with zero attached hydrogens (tertiary/aromatic N) is 2. The number of hydrogen-bond donors (Lipinski definition) is 0. The average molecular weight is 409 g/mol. The Hall–Kier alpha value is -1.80. The van der Waals surface area contributed by atoms with Gasteiger partial charge in [-0.3, -0.25) is 14.5 Å². The third-order valence-corrected chi connectivity index (χ3v) is 6.52. The molecule has 0 aliphatic carbocycles. The maximum atomic E-state index is 13.2. The molecule has 8 heteroatoms. The predicted molar refractivity (Wildman–Crippen MR) is 107 cm³/mol. The second kappa shape index (κ2) is 8.48. The number of carbonyl (C=O) groups is 3. The summed E-state index contributed by atoms with van der Waals surface area (Å²) in [5.74, 6) is -0.406. The van der Waals surface area contributed by atoms with Crippen LogP contribution in [0.4, 0.5) is 4.79 Å². The van der Waals surface area contributed by atoms with Crippen molar-refractivity contribution < 1.29 is 19.1 Å². The summed E-state index contributed by atoms with van der Waals surface area (Å²) >= 11 is 2.92. The van der Waals surface area contributed by atoms with Gasteiger partial charge in [-0.2, -0.15) is 0 Å². The van der Waals surface area contributed by atoms with Gasteiger partial charge in [-0.15, -0.1) is 23.1 Å². The zero-order valence-corrected chi connectivity index (χ0v) is 17.4. The SMILES string of the molecule is CCOC(=O)N1CCC(N2C(=O)C(SC(C)C)=C(c3cccs3)C2=O)CC1. The molecule has 3 amide bonds.